The number of ether oxygens (including phenoxy) is 1. The number of hydrogen-bond donors (Lipinski definition) is 3. The monoisotopic (exact) mass is 457 g/mol. The summed E-state index contributed by atoms with van der Waals surface area (Å²) >= 11 is 0. The molecule has 1 aliphatic rings. The Balaban J connectivity index is 1.65. The van der Waals surface area contributed by atoms with Crippen molar-refractivity contribution in [2.45, 2.75) is 57.6 Å². The third-order valence-corrected chi connectivity index (χ3v) is 6.12. The van der Waals surface area contributed by atoms with Gasteiger partial charge in [0.05, 0.1) is 12.1 Å². The van der Waals surface area contributed by atoms with E-state index < -0.39 is 17.0 Å². The maximum absolute atomic E-state index is 14.7. The van der Waals surface area contributed by atoms with Gasteiger partial charge in [0.1, 0.15) is 17.2 Å². The van der Waals surface area contributed by atoms with Crippen LogP contribution >= 0.6 is 0 Å². The first-order chi connectivity index (χ1) is 15.8. The Hall–Kier alpha value is -3.07. The van der Waals surface area contributed by atoms with E-state index in [1.807, 2.05) is 26.8 Å². The molecule has 7 nitrogen and oxygen atoms in total. The van der Waals surface area contributed by atoms with Gasteiger partial charge < -0.3 is 20.4 Å². The molecule has 1 fully saturated rings. The molecule has 1 aromatic carbocycles. The van der Waals surface area contributed by atoms with Crippen molar-refractivity contribution in [3.63, 3.8) is 0 Å². The van der Waals surface area contributed by atoms with E-state index in [2.05, 4.69) is 25.6 Å². The smallest absolute Gasteiger partial charge is 0.248 e. The van der Waals surface area contributed by atoms with Gasteiger partial charge >= 0.3 is 0 Å². The van der Waals surface area contributed by atoms with Gasteiger partial charge in [-0.3, -0.25) is 4.79 Å². The number of anilines is 2. The highest BCUT2D eigenvalue weighted by Crippen LogP contribution is 2.31. The fraction of sp³-hybridized carbons (Fsp3) is 0.458. The van der Waals surface area contributed by atoms with E-state index in [0.717, 1.165) is 30.9 Å². The Morgan fingerprint density at radius 1 is 1.21 bits per heavy atom. The van der Waals surface area contributed by atoms with Gasteiger partial charge in [-0.1, -0.05) is 13.8 Å². The Kier molecular flexibility index (Phi) is 6.60. The zero-order valence-corrected chi connectivity index (χ0v) is 19.0. The molecular formula is C24H29F2N5O2. The van der Waals surface area contributed by atoms with E-state index in [9.17, 15) is 13.6 Å². The van der Waals surface area contributed by atoms with Crippen molar-refractivity contribution in [1.29, 1.82) is 0 Å². The van der Waals surface area contributed by atoms with E-state index >= 15 is 0 Å². The lowest BCUT2D eigenvalue weighted by Gasteiger charge is -2.26. The van der Waals surface area contributed by atoms with E-state index in [1.54, 1.807) is 12.3 Å². The van der Waals surface area contributed by atoms with Crippen LogP contribution in [0.25, 0.3) is 10.9 Å². The van der Waals surface area contributed by atoms with Crippen LogP contribution < -0.4 is 16.2 Å². The number of pyridine rings is 1. The molecule has 0 saturated heterocycles. The standard InChI is InChI=1S/C24H29F2N5O2/c1-4-33-19-7-5-6-18(19)29-22-16-11-15(25)12-17(26)21(16)30-23(31-22)28-13-24(2,3)14-8-9-27-20(32)10-14/h8-12,18-19H,4-7,13H2,1-3H3,(H,27,32)(H2,28,29,30,31)/t18-,19-/m1/s1. The van der Waals surface area contributed by atoms with Gasteiger partial charge in [0, 0.05) is 42.3 Å². The molecule has 33 heavy (non-hydrogen) atoms. The topological polar surface area (TPSA) is 91.9 Å². The van der Waals surface area contributed by atoms with Crippen LogP contribution in [0.1, 0.15) is 45.6 Å². The first-order valence-electron chi connectivity index (χ1n) is 11.2. The molecule has 3 aromatic rings. The fourth-order valence-corrected chi connectivity index (χ4v) is 4.29. The average molecular weight is 458 g/mol. The van der Waals surface area contributed by atoms with Crippen molar-refractivity contribution in [3.05, 3.63) is 58.0 Å². The second-order valence-corrected chi connectivity index (χ2v) is 9.03. The van der Waals surface area contributed by atoms with Crippen molar-refractivity contribution < 1.29 is 13.5 Å². The Morgan fingerprint density at radius 3 is 2.79 bits per heavy atom. The predicted octanol–water partition coefficient (Wildman–Crippen LogP) is 4.36. The number of aromatic nitrogens is 3. The van der Waals surface area contributed by atoms with Gasteiger partial charge in [0.15, 0.2) is 5.82 Å². The van der Waals surface area contributed by atoms with Crippen LogP contribution in [0.4, 0.5) is 20.5 Å². The second kappa shape index (κ2) is 9.43. The van der Waals surface area contributed by atoms with Crippen LogP contribution in [-0.4, -0.2) is 40.2 Å². The van der Waals surface area contributed by atoms with Crippen LogP contribution in [0.3, 0.4) is 0 Å². The maximum atomic E-state index is 14.7. The SMILES string of the molecule is CCO[C@@H]1CCC[C@H]1Nc1nc(NCC(C)(C)c2cc[nH]c(=O)c2)nc2c(F)cc(F)cc12. The van der Waals surface area contributed by atoms with Crippen molar-refractivity contribution in [3.8, 4) is 0 Å². The molecular weight excluding hydrogens is 428 g/mol. The van der Waals surface area contributed by atoms with Crippen LogP contribution in [0.5, 0.6) is 0 Å². The van der Waals surface area contributed by atoms with Crippen LogP contribution in [0.2, 0.25) is 0 Å². The molecule has 0 spiro atoms. The molecule has 0 aliphatic heterocycles. The summed E-state index contributed by atoms with van der Waals surface area (Å²) in [5, 5.41) is 6.81. The minimum atomic E-state index is -0.750. The number of H-pyrrole nitrogens is 1. The minimum absolute atomic E-state index is 0.00489. The number of benzene rings is 1. The number of hydrogen-bond acceptors (Lipinski definition) is 6. The van der Waals surface area contributed by atoms with E-state index in [4.69, 9.17) is 4.74 Å². The molecule has 2 heterocycles. The van der Waals surface area contributed by atoms with Crippen LogP contribution in [0, 0.1) is 11.6 Å². The molecule has 2 atom stereocenters. The summed E-state index contributed by atoms with van der Waals surface area (Å²) in [6.45, 7) is 6.91. The Labute approximate surface area is 191 Å². The average Bonchev–Trinajstić information content (AvgIpc) is 3.20. The highest BCUT2D eigenvalue weighted by Gasteiger charge is 2.29. The molecule has 0 unspecified atom stereocenters. The normalized spacial score (nSPS) is 18.6. The van der Waals surface area contributed by atoms with Gasteiger partial charge in [-0.25, -0.2) is 13.8 Å². The van der Waals surface area contributed by atoms with E-state index in [0.29, 0.717) is 19.0 Å². The summed E-state index contributed by atoms with van der Waals surface area (Å²) in [7, 11) is 0. The lowest BCUT2D eigenvalue weighted by Crippen LogP contribution is -2.32. The summed E-state index contributed by atoms with van der Waals surface area (Å²) in [5.74, 6) is -0.846. The largest absolute Gasteiger partial charge is 0.376 e. The molecule has 2 aromatic heterocycles. The first-order valence-corrected chi connectivity index (χ1v) is 11.2. The van der Waals surface area contributed by atoms with Gasteiger partial charge in [0.25, 0.3) is 0 Å². The molecule has 1 aliphatic carbocycles. The summed E-state index contributed by atoms with van der Waals surface area (Å²) in [6, 6.07) is 5.45. The summed E-state index contributed by atoms with van der Waals surface area (Å²) in [4.78, 5) is 23.2. The van der Waals surface area contributed by atoms with Gasteiger partial charge in [-0.15, -0.1) is 0 Å². The number of halogens is 2. The molecule has 3 N–H and O–H groups in total. The summed E-state index contributed by atoms with van der Waals surface area (Å²) in [5.41, 5.74) is 0.277. The van der Waals surface area contributed by atoms with Crippen LogP contribution in [-0.2, 0) is 10.2 Å². The molecule has 0 bridgehead atoms. The highest BCUT2D eigenvalue weighted by atomic mass is 19.1. The molecule has 1 saturated carbocycles. The summed E-state index contributed by atoms with van der Waals surface area (Å²) < 4.78 is 34.5. The van der Waals surface area contributed by atoms with E-state index in [1.165, 1.54) is 6.07 Å². The van der Waals surface area contributed by atoms with Crippen molar-refractivity contribution in [2.75, 3.05) is 23.8 Å². The van der Waals surface area contributed by atoms with E-state index in [-0.39, 0.29) is 34.6 Å². The predicted molar refractivity (Wildman–Crippen MR) is 125 cm³/mol. The van der Waals surface area contributed by atoms with Crippen molar-refractivity contribution in [1.82, 2.24) is 15.0 Å². The lowest BCUT2D eigenvalue weighted by atomic mass is 9.85. The van der Waals surface area contributed by atoms with Gasteiger partial charge in [0.2, 0.25) is 11.5 Å². The van der Waals surface area contributed by atoms with Crippen molar-refractivity contribution >= 4 is 22.7 Å². The number of nitrogens with one attached hydrogen (secondary N) is 3. The zero-order chi connectivity index (χ0) is 23.6. The number of nitrogens with zero attached hydrogens (tertiary/aromatic N) is 2. The van der Waals surface area contributed by atoms with Crippen molar-refractivity contribution in [2.24, 2.45) is 0 Å². The minimum Gasteiger partial charge on any atom is -0.376 e. The zero-order valence-electron chi connectivity index (χ0n) is 19.0. The highest BCUT2D eigenvalue weighted by molar-refractivity contribution is 5.90. The molecule has 9 heteroatoms. The number of rotatable bonds is 8. The summed E-state index contributed by atoms with van der Waals surface area (Å²) in [6.07, 6.45) is 4.43. The Morgan fingerprint density at radius 2 is 2.03 bits per heavy atom. The maximum Gasteiger partial charge on any atom is 0.248 e. The first kappa shape index (κ1) is 23.1. The van der Waals surface area contributed by atoms with Gasteiger partial charge in [-0.2, -0.15) is 4.98 Å². The number of fused-ring (bicyclic) bond motifs is 1. The fourth-order valence-electron chi connectivity index (χ4n) is 4.29. The molecule has 176 valence electrons. The molecule has 0 radical (unpaired) electrons. The Bertz CT molecular complexity index is 1200. The van der Waals surface area contributed by atoms with Gasteiger partial charge in [-0.05, 0) is 43.9 Å². The molecule has 0 amide bonds. The third-order valence-electron chi connectivity index (χ3n) is 6.12. The third kappa shape index (κ3) is 5.13. The second-order valence-electron chi connectivity index (χ2n) is 9.03. The molecule has 4 rings (SSSR count). The number of aromatic amines is 1. The van der Waals surface area contributed by atoms with Crippen LogP contribution in [0.15, 0.2) is 35.3 Å². The quantitative estimate of drug-likeness (QED) is 0.466. The lowest BCUT2D eigenvalue weighted by molar-refractivity contribution is 0.0616.